The van der Waals surface area contributed by atoms with Gasteiger partial charge in [0, 0.05) is 19.2 Å². The molecule has 0 spiro atoms. The van der Waals surface area contributed by atoms with E-state index in [0.29, 0.717) is 31.9 Å². The first-order valence-electron chi connectivity index (χ1n) is 8.28. The maximum Gasteiger partial charge on any atom is 0.336 e. The third-order valence-corrected chi connectivity index (χ3v) is 5.82. The number of esters is 1. The fourth-order valence-electron chi connectivity index (χ4n) is 2.54. The van der Waals surface area contributed by atoms with Gasteiger partial charge in [-0.2, -0.15) is 4.31 Å². The monoisotopic (exact) mass is 391 g/mol. The summed E-state index contributed by atoms with van der Waals surface area (Å²) in [6.45, 7) is 1.35. The van der Waals surface area contributed by atoms with Crippen LogP contribution in [0.4, 0.5) is 4.39 Å². The molecule has 2 aromatic rings. The first-order chi connectivity index (χ1) is 12.9. The number of carbonyl (C=O) groups is 1. The van der Waals surface area contributed by atoms with Crippen molar-refractivity contribution in [2.24, 2.45) is 0 Å². The molecule has 0 unspecified atom stereocenters. The van der Waals surface area contributed by atoms with Crippen LogP contribution in [0, 0.1) is 5.82 Å². The van der Waals surface area contributed by atoms with Crippen LogP contribution in [0.2, 0.25) is 0 Å². The highest BCUT2D eigenvalue weighted by atomic mass is 32.2. The Morgan fingerprint density at radius 3 is 2.48 bits per heavy atom. The average Bonchev–Trinajstić information content (AvgIpc) is 2.68. The lowest BCUT2D eigenvalue weighted by molar-refractivity contribution is -0.128. The number of ether oxygens (including phenoxy) is 2. The molecule has 0 atom stereocenters. The normalized spacial score (nSPS) is 15.7. The Morgan fingerprint density at radius 1 is 1.11 bits per heavy atom. The number of carbonyl (C=O) groups excluding carboxylic acids is 1. The maximum absolute atomic E-state index is 13.1. The predicted octanol–water partition coefficient (Wildman–Crippen LogP) is 2.47. The summed E-state index contributed by atoms with van der Waals surface area (Å²) in [4.78, 5) is 12.0. The van der Waals surface area contributed by atoms with Crippen LogP contribution in [-0.4, -0.2) is 45.0 Å². The first kappa shape index (κ1) is 19.2. The first-order valence-corrected chi connectivity index (χ1v) is 9.72. The SMILES string of the molecule is O=C(/C=C/c1cccc(F)c1)Oc1ccc(S(=O)(=O)N2CCOCC2)cc1. The second kappa shape index (κ2) is 8.43. The summed E-state index contributed by atoms with van der Waals surface area (Å²) in [5.41, 5.74) is 0.527. The van der Waals surface area contributed by atoms with Crippen molar-refractivity contribution < 1.29 is 27.1 Å². The molecule has 2 aromatic carbocycles. The molecule has 8 heteroatoms. The summed E-state index contributed by atoms with van der Waals surface area (Å²) in [6.07, 6.45) is 2.61. The minimum Gasteiger partial charge on any atom is -0.423 e. The van der Waals surface area contributed by atoms with Gasteiger partial charge in [0.15, 0.2) is 0 Å². The molecule has 0 amide bonds. The van der Waals surface area contributed by atoms with Crippen LogP contribution in [0.5, 0.6) is 5.75 Å². The van der Waals surface area contributed by atoms with Crippen LogP contribution in [-0.2, 0) is 19.6 Å². The van der Waals surface area contributed by atoms with Crippen LogP contribution in [0.15, 0.2) is 59.5 Å². The molecule has 1 aliphatic rings. The molecule has 0 bridgehead atoms. The van der Waals surface area contributed by atoms with E-state index in [1.165, 1.54) is 58.9 Å². The molecule has 1 fully saturated rings. The molecule has 0 aromatic heterocycles. The number of halogens is 1. The molecule has 0 saturated carbocycles. The van der Waals surface area contributed by atoms with Gasteiger partial charge in [0.25, 0.3) is 0 Å². The molecular weight excluding hydrogens is 373 g/mol. The molecule has 0 N–H and O–H groups in total. The highest BCUT2D eigenvalue weighted by molar-refractivity contribution is 7.89. The second-order valence-electron chi connectivity index (χ2n) is 5.80. The smallest absolute Gasteiger partial charge is 0.336 e. The number of hydrogen-bond acceptors (Lipinski definition) is 5. The lowest BCUT2D eigenvalue weighted by Crippen LogP contribution is -2.40. The summed E-state index contributed by atoms with van der Waals surface area (Å²) in [5, 5.41) is 0. The van der Waals surface area contributed by atoms with Gasteiger partial charge in [-0.25, -0.2) is 17.6 Å². The number of rotatable bonds is 5. The topological polar surface area (TPSA) is 72.9 Å². The van der Waals surface area contributed by atoms with Crippen molar-refractivity contribution >= 4 is 22.1 Å². The van der Waals surface area contributed by atoms with E-state index in [9.17, 15) is 17.6 Å². The zero-order chi connectivity index (χ0) is 19.3. The van der Waals surface area contributed by atoms with Crippen LogP contribution in [0.1, 0.15) is 5.56 Å². The number of nitrogens with zero attached hydrogens (tertiary/aromatic N) is 1. The van der Waals surface area contributed by atoms with Gasteiger partial charge in [0.05, 0.1) is 18.1 Å². The highest BCUT2D eigenvalue weighted by Gasteiger charge is 2.26. The van der Waals surface area contributed by atoms with Crippen LogP contribution < -0.4 is 4.74 Å². The molecule has 142 valence electrons. The zero-order valence-electron chi connectivity index (χ0n) is 14.4. The molecule has 0 aliphatic carbocycles. The van der Waals surface area contributed by atoms with Gasteiger partial charge in [-0.1, -0.05) is 12.1 Å². The van der Waals surface area contributed by atoms with E-state index >= 15 is 0 Å². The van der Waals surface area contributed by atoms with E-state index in [-0.39, 0.29) is 10.6 Å². The summed E-state index contributed by atoms with van der Waals surface area (Å²) >= 11 is 0. The van der Waals surface area contributed by atoms with Crippen LogP contribution in [0.25, 0.3) is 6.08 Å². The number of morpholine rings is 1. The Labute approximate surface area is 156 Å². The van der Waals surface area contributed by atoms with Crippen molar-refractivity contribution in [3.8, 4) is 5.75 Å². The Bertz CT molecular complexity index is 935. The van der Waals surface area contributed by atoms with Gasteiger partial charge in [-0.3, -0.25) is 0 Å². The molecule has 27 heavy (non-hydrogen) atoms. The fourth-order valence-corrected chi connectivity index (χ4v) is 3.95. The van der Waals surface area contributed by atoms with E-state index in [1.54, 1.807) is 6.07 Å². The van der Waals surface area contributed by atoms with Gasteiger partial charge >= 0.3 is 5.97 Å². The minimum absolute atomic E-state index is 0.125. The summed E-state index contributed by atoms with van der Waals surface area (Å²) < 4.78 is 49.8. The number of sulfonamides is 1. The highest BCUT2D eigenvalue weighted by Crippen LogP contribution is 2.20. The van der Waals surface area contributed by atoms with Gasteiger partial charge < -0.3 is 9.47 Å². The Balaban J connectivity index is 1.64. The molecule has 3 rings (SSSR count). The Morgan fingerprint density at radius 2 is 1.81 bits per heavy atom. The summed E-state index contributed by atoms with van der Waals surface area (Å²) in [5.74, 6) is -0.838. The van der Waals surface area contributed by atoms with Crippen LogP contribution >= 0.6 is 0 Å². The number of benzene rings is 2. The van der Waals surface area contributed by atoms with E-state index in [1.807, 2.05) is 0 Å². The maximum atomic E-state index is 13.1. The lowest BCUT2D eigenvalue weighted by Gasteiger charge is -2.26. The summed E-state index contributed by atoms with van der Waals surface area (Å²) in [7, 11) is -3.59. The van der Waals surface area contributed by atoms with E-state index < -0.39 is 21.8 Å². The lowest BCUT2D eigenvalue weighted by atomic mass is 10.2. The van der Waals surface area contributed by atoms with E-state index in [0.717, 1.165) is 0 Å². The van der Waals surface area contributed by atoms with Crippen molar-refractivity contribution in [2.75, 3.05) is 26.3 Å². The van der Waals surface area contributed by atoms with Gasteiger partial charge in [-0.15, -0.1) is 0 Å². The predicted molar refractivity (Wildman–Crippen MR) is 97.1 cm³/mol. The molecular formula is C19H18FNO5S. The third-order valence-electron chi connectivity index (χ3n) is 3.91. The van der Waals surface area contributed by atoms with E-state index in [2.05, 4.69) is 0 Å². The van der Waals surface area contributed by atoms with Gasteiger partial charge in [0.1, 0.15) is 11.6 Å². The minimum atomic E-state index is -3.59. The van der Waals surface area contributed by atoms with Crippen molar-refractivity contribution in [1.82, 2.24) is 4.31 Å². The molecule has 1 heterocycles. The quantitative estimate of drug-likeness (QED) is 0.445. The van der Waals surface area contributed by atoms with Crippen molar-refractivity contribution in [3.05, 3.63) is 66.0 Å². The second-order valence-corrected chi connectivity index (χ2v) is 7.74. The largest absolute Gasteiger partial charge is 0.423 e. The average molecular weight is 391 g/mol. The van der Waals surface area contributed by atoms with Crippen molar-refractivity contribution in [2.45, 2.75) is 4.90 Å². The third kappa shape index (κ3) is 5.00. The number of hydrogen-bond donors (Lipinski definition) is 0. The van der Waals surface area contributed by atoms with E-state index in [4.69, 9.17) is 9.47 Å². The molecule has 1 saturated heterocycles. The summed E-state index contributed by atoms with van der Waals surface area (Å²) in [6, 6.07) is 11.4. The standard InChI is InChI=1S/C19H18FNO5S/c20-16-3-1-2-15(14-16)4-9-19(22)26-17-5-7-18(8-6-17)27(23,24)21-10-12-25-13-11-21/h1-9,14H,10-13H2/b9-4+. The molecule has 6 nitrogen and oxygen atoms in total. The van der Waals surface area contributed by atoms with Crippen LogP contribution in [0.3, 0.4) is 0 Å². The Hall–Kier alpha value is -2.55. The fraction of sp³-hybridized carbons (Fsp3) is 0.211. The van der Waals surface area contributed by atoms with Gasteiger partial charge in [-0.05, 0) is 48.0 Å². The Kier molecular flexibility index (Phi) is 6.00. The molecule has 1 aliphatic heterocycles. The van der Waals surface area contributed by atoms with Gasteiger partial charge in [0.2, 0.25) is 10.0 Å². The zero-order valence-corrected chi connectivity index (χ0v) is 15.2. The molecule has 0 radical (unpaired) electrons. The van der Waals surface area contributed by atoms with Crippen molar-refractivity contribution in [1.29, 1.82) is 0 Å². The van der Waals surface area contributed by atoms with Crippen molar-refractivity contribution in [3.63, 3.8) is 0 Å².